The fourth-order valence-electron chi connectivity index (χ4n) is 1.81. The average molecular weight is 244 g/mol. The van der Waals surface area contributed by atoms with Gasteiger partial charge in [0.2, 0.25) is 5.91 Å². The number of carbonyl (C=O) groups is 1. The van der Waals surface area contributed by atoms with Gasteiger partial charge in [-0.25, -0.2) is 0 Å². The summed E-state index contributed by atoms with van der Waals surface area (Å²) < 4.78 is 5.08. The largest absolute Gasteiger partial charge is 0.383 e. The van der Waals surface area contributed by atoms with Crippen LogP contribution in [0.5, 0.6) is 0 Å². The van der Waals surface area contributed by atoms with Crippen molar-refractivity contribution in [3.05, 3.63) is 0 Å². The predicted octanol–water partition coefficient (Wildman–Crippen LogP) is 1.65. The first-order chi connectivity index (χ1) is 7.90. The van der Waals surface area contributed by atoms with Gasteiger partial charge in [-0.05, 0) is 33.7 Å². The number of likely N-dealkylation sites (N-methyl/N-ethyl adjacent to an activating group) is 1. The molecule has 0 bridgehead atoms. The lowest BCUT2D eigenvalue weighted by molar-refractivity contribution is -0.140. The molecule has 1 N–H and O–H groups in total. The molecule has 0 aliphatic carbocycles. The summed E-state index contributed by atoms with van der Waals surface area (Å²) in [7, 11) is 1.66. The van der Waals surface area contributed by atoms with Crippen LogP contribution in [0.25, 0.3) is 0 Å². The van der Waals surface area contributed by atoms with Gasteiger partial charge in [-0.3, -0.25) is 4.79 Å². The molecule has 4 nitrogen and oxygen atoms in total. The third-order valence-corrected chi connectivity index (χ3v) is 3.07. The van der Waals surface area contributed by atoms with Crippen molar-refractivity contribution in [1.29, 1.82) is 0 Å². The molecule has 4 heteroatoms. The molecule has 0 aromatic heterocycles. The van der Waals surface area contributed by atoms with Gasteiger partial charge in [0, 0.05) is 19.7 Å². The van der Waals surface area contributed by atoms with Crippen molar-refractivity contribution >= 4 is 5.91 Å². The Bertz CT molecular complexity index is 229. The predicted molar refractivity (Wildman–Crippen MR) is 71.1 cm³/mol. The molecule has 0 aromatic carbocycles. The molecule has 0 rings (SSSR count). The summed E-state index contributed by atoms with van der Waals surface area (Å²) in [5.74, 6) is 0.144. The monoisotopic (exact) mass is 244 g/mol. The topological polar surface area (TPSA) is 41.6 Å². The van der Waals surface area contributed by atoms with E-state index < -0.39 is 5.54 Å². The Morgan fingerprint density at radius 2 is 2.00 bits per heavy atom. The smallest absolute Gasteiger partial charge is 0.242 e. The first kappa shape index (κ1) is 16.4. The quantitative estimate of drug-likeness (QED) is 0.706. The van der Waals surface area contributed by atoms with E-state index in [2.05, 4.69) is 19.2 Å². The van der Waals surface area contributed by atoms with Gasteiger partial charge >= 0.3 is 0 Å². The standard InChI is InChI=1S/C13H28N2O2/c1-7-11(3)15(9-10-17-6)12(16)13(4,5)14-8-2/h11,14H,7-10H2,1-6H3. The maximum Gasteiger partial charge on any atom is 0.242 e. The first-order valence-electron chi connectivity index (χ1n) is 6.45. The number of ether oxygens (including phenoxy) is 1. The van der Waals surface area contributed by atoms with Gasteiger partial charge in [0.25, 0.3) is 0 Å². The number of nitrogens with one attached hydrogen (secondary N) is 1. The molecule has 0 heterocycles. The minimum Gasteiger partial charge on any atom is -0.383 e. The second kappa shape index (κ2) is 7.67. The molecule has 0 radical (unpaired) electrons. The van der Waals surface area contributed by atoms with E-state index in [1.54, 1.807) is 7.11 Å². The van der Waals surface area contributed by atoms with Gasteiger partial charge in [-0.1, -0.05) is 13.8 Å². The van der Waals surface area contributed by atoms with Crippen LogP contribution in [0.4, 0.5) is 0 Å². The van der Waals surface area contributed by atoms with Crippen LogP contribution in [-0.2, 0) is 9.53 Å². The van der Waals surface area contributed by atoms with Gasteiger partial charge in [0.15, 0.2) is 0 Å². The van der Waals surface area contributed by atoms with Crippen LogP contribution in [0, 0.1) is 0 Å². The normalized spacial score (nSPS) is 13.5. The zero-order valence-electron chi connectivity index (χ0n) is 12.2. The van der Waals surface area contributed by atoms with Crippen LogP contribution in [0.2, 0.25) is 0 Å². The molecular weight excluding hydrogens is 216 g/mol. The summed E-state index contributed by atoms with van der Waals surface area (Å²) in [5, 5.41) is 3.23. The Morgan fingerprint density at radius 1 is 1.41 bits per heavy atom. The molecule has 1 amide bonds. The molecule has 1 atom stereocenters. The van der Waals surface area contributed by atoms with Gasteiger partial charge in [0.1, 0.15) is 0 Å². The van der Waals surface area contributed by atoms with E-state index in [1.165, 1.54) is 0 Å². The Labute approximate surface area is 106 Å². The Hall–Kier alpha value is -0.610. The molecule has 1 unspecified atom stereocenters. The maximum atomic E-state index is 12.5. The van der Waals surface area contributed by atoms with Crippen LogP contribution < -0.4 is 5.32 Å². The van der Waals surface area contributed by atoms with E-state index >= 15 is 0 Å². The van der Waals surface area contributed by atoms with Gasteiger partial charge in [-0.15, -0.1) is 0 Å². The van der Waals surface area contributed by atoms with E-state index in [0.717, 1.165) is 13.0 Å². The van der Waals surface area contributed by atoms with Crippen LogP contribution in [-0.4, -0.2) is 49.2 Å². The lowest BCUT2D eigenvalue weighted by Crippen LogP contribution is -2.56. The lowest BCUT2D eigenvalue weighted by Gasteiger charge is -2.36. The summed E-state index contributed by atoms with van der Waals surface area (Å²) in [6.07, 6.45) is 0.956. The van der Waals surface area contributed by atoms with Crippen LogP contribution in [0.1, 0.15) is 41.0 Å². The highest BCUT2D eigenvalue weighted by atomic mass is 16.5. The molecule has 0 aliphatic rings. The molecule has 0 aliphatic heterocycles. The molecule has 0 spiro atoms. The minimum absolute atomic E-state index is 0.144. The summed E-state index contributed by atoms with van der Waals surface area (Å²) in [5.41, 5.74) is -0.508. The number of methoxy groups -OCH3 is 1. The third-order valence-electron chi connectivity index (χ3n) is 3.07. The Balaban J connectivity index is 4.72. The highest BCUT2D eigenvalue weighted by Crippen LogP contribution is 2.13. The van der Waals surface area contributed by atoms with Crippen molar-refractivity contribution in [1.82, 2.24) is 10.2 Å². The number of rotatable bonds is 8. The van der Waals surface area contributed by atoms with E-state index in [-0.39, 0.29) is 11.9 Å². The molecule has 0 saturated heterocycles. The number of amides is 1. The van der Waals surface area contributed by atoms with E-state index in [0.29, 0.717) is 13.2 Å². The van der Waals surface area contributed by atoms with E-state index in [1.807, 2.05) is 25.7 Å². The van der Waals surface area contributed by atoms with Gasteiger partial charge < -0.3 is 15.0 Å². The summed E-state index contributed by atoms with van der Waals surface area (Å²) in [6, 6.07) is 0.246. The first-order valence-corrected chi connectivity index (χ1v) is 6.45. The number of nitrogens with zero attached hydrogens (tertiary/aromatic N) is 1. The fraction of sp³-hybridized carbons (Fsp3) is 0.923. The highest BCUT2D eigenvalue weighted by molar-refractivity contribution is 5.85. The van der Waals surface area contributed by atoms with Gasteiger partial charge in [-0.2, -0.15) is 0 Å². The van der Waals surface area contributed by atoms with Crippen molar-refractivity contribution in [2.75, 3.05) is 26.8 Å². The molecule has 0 fully saturated rings. The van der Waals surface area contributed by atoms with Crippen LogP contribution in [0.15, 0.2) is 0 Å². The second-order valence-electron chi connectivity index (χ2n) is 4.90. The molecular formula is C13H28N2O2. The Kier molecular flexibility index (Phi) is 7.39. The zero-order valence-corrected chi connectivity index (χ0v) is 12.2. The minimum atomic E-state index is -0.508. The number of hydrogen-bond donors (Lipinski definition) is 1. The SMILES string of the molecule is CCNC(C)(C)C(=O)N(CCOC)C(C)CC. The lowest BCUT2D eigenvalue weighted by atomic mass is 10.0. The molecule has 0 aromatic rings. The Morgan fingerprint density at radius 3 is 2.41 bits per heavy atom. The number of carbonyl (C=O) groups excluding carboxylic acids is 1. The van der Waals surface area contributed by atoms with Crippen molar-refractivity contribution in [3.8, 4) is 0 Å². The zero-order chi connectivity index (χ0) is 13.5. The van der Waals surface area contributed by atoms with E-state index in [4.69, 9.17) is 4.74 Å². The average Bonchev–Trinajstić information content (AvgIpc) is 2.28. The summed E-state index contributed by atoms with van der Waals surface area (Å²) in [6.45, 7) is 12.1. The summed E-state index contributed by atoms with van der Waals surface area (Å²) in [4.78, 5) is 14.4. The summed E-state index contributed by atoms with van der Waals surface area (Å²) >= 11 is 0. The maximum absolute atomic E-state index is 12.5. The van der Waals surface area contributed by atoms with Crippen LogP contribution in [0.3, 0.4) is 0 Å². The van der Waals surface area contributed by atoms with Gasteiger partial charge in [0.05, 0.1) is 12.1 Å². The van der Waals surface area contributed by atoms with Crippen LogP contribution >= 0.6 is 0 Å². The van der Waals surface area contributed by atoms with E-state index in [9.17, 15) is 4.79 Å². The fourth-order valence-corrected chi connectivity index (χ4v) is 1.81. The molecule has 102 valence electrons. The van der Waals surface area contributed by atoms with Crippen molar-refractivity contribution in [2.24, 2.45) is 0 Å². The second-order valence-corrected chi connectivity index (χ2v) is 4.90. The van der Waals surface area contributed by atoms with Crippen molar-refractivity contribution in [2.45, 2.75) is 52.6 Å². The van der Waals surface area contributed by atoms with Crippen molar-refractivity contribution < 1.29 is 9.53 Å². The third kappa shape index (κ3) is 5.04. The van der Waals surface area contributed by atoms with Crippen molar-refractivity contribution in [3.63, 3.8) is 0 Å². The number of hydrogen-bond acceptors (Lipinski definition) is 3. The molecule has 17 heavy (non-hydrogen) atoms. The molecule has 0 saturated carbocycles. The highest BCUT2D eigenvalue weighted by Gasteiger charge is 2.32.